The van der Waals surface area contributed by atoms with E-state index in [2.05, 4.69) is 19.5 Å². The van der Waals surface area contributed by atoms with Crippen molar-refractivity contribution in [1.82, 2.24) is 14.8 Å². The molecule has 7 nitrogen and oxygen atoms in total. The molecule has 2 rings (SSSR count). The second kappa shape index (κ2) is 5.33. The van der Waals surface area contributed by atoms with Crippen LogP contribution < -0.4 is 10.5 Å². The maximum Gasteiger partial charge on any atom is 0.265 e. The number of nitrogens with two attached hydrogens (primary N) is 1. The summed E-state index contributed by atoms with van der Waals surface area (Å²) >= 11 is 11.5. The first-order chi connectivity index (χ1) is 8.90. The van der Waals surface area contributed by atoms with E-state index in [1.165, 1.54) is 18.2 Å². The van der Waals surface area contributed by atoms with Gasteiger partial charge in [-0.2, -0.15) is 0 Å². The van der Waals surface area contributed by atoms with Gasteiger partial charge >= 0.3 is 0 Å². The first-order valence-electron chi connectivity index (χ1n) is 4.67. The first-order valence-corrected chi connectivity index (χ1v) is 7.71. The molecule has 19 heavy (non-hydrogen) atoms. The predicted octanol–water partition coefficient (Wildman–Crippen LogP) is 1.02. The number of sulfonamides is 1. The molecule has 0 amide bonds. The summed E-state index contributed by atoms with van der Waals surface area (Å²) in [5, 5.41) is 6.86. The molecular formula is C8H6ClN5O2S3. The van der Waals surface area contributed by atoms with Crippen LogP contribution in [0.4, 0.5) is 5.13 Å². The lowest BCUT2D eigenvalue weighted by Crippen LogP contribution is -2.15. The van der Waals surface area contributed by atoms with Crippen LogP contribution in [0.3, 0.4) is 0 Å². The number of nitrogens with zero attached hydrogens (tertiary/aromatic N) is 3. The molecule has 0 aliphatic rings. The van der Waals surface area contributed by atoms with Gasteiger partial charge in [0.2, 0.25) is 5.13 Å². The molecule has 1 heterocycles. The van der Waals surface area contributed by atoms with Crippen molar-refractivity contribution in [1.29, 1.82) is 0 Å². The van der Waals surface area contributed by atoms with Gasteiger partial charge in [-0.25, -0.2) is 8.42 Å². The van der Waals surface area contributed by atoms with E-state index in [1.54, 1.807) is 0 Å². The number of benzene rings is 1. The fraction of sp³-hybridized carbons (Fsp3) is 0. The highest BCUT2D eigenvalue weighted by Crippen LogP contribution is 2.25. The zero-order valence-electron chi connectivity index (χ0n) is 9.07. The minimum absolute atomic E-state index is 0.0387. The van der Waals surface area contributed by atoms with Gasteiger partial charge in [0.25, 0.3) is 10.0 Å². The smallest absolute Gasteiger partial charge is 0.265 e. The molecule has 3 N–H and O–H groups in total. The topological polar surface area (TPSA) is 111 Å². The molecule has 0 unspecified atom stereocenters. The highest BCUT2D eigenvalue weighted by Gasteiger charge is 2.20. The molecule has 0 saturated carbocycles. The Hall–Kier alpha value is -1.36. The first kappa shape index (κ1) is 14.1. The van der Waals surface area contributed by atoms with Crippen molar-refractivity contribution in [2.45, 2.75) is 4.90 Å². The average molecular weight is 336 g/mol. The molecule has 0 saturated heterocycles. The van der Waals surface area contributed by atoms with Crippen molar-refractivity contribution in [3.8, 4) is 0 Å². The molecule has 0 aliphatic carbocycles. The van der Waals surface area contributed by atoms with Crippen molar-refractivity contribution in [3.63, 3.8) is 0 Å². The van der Waals surface area contributed by atoms with Crippen LogP contribution in [0.5, 0.6) is 0 Å². The lowest BCUT2D eigenvalue weighted by atomic mass is 10.2. The van der Waals surface area contributed by atoms with Gasteiger partial charge in [0.15, 0.2) is 0 Å². The zero-order valence-corrected chi connectivity index (χ0v) is 12.3. The maximum absolute atomic E-state index is 12.1. The second-order valence-corrected chi connectivity index (χ2v) is 6.51. The van der Waals surface area contributed by atoms with Crippen molar-refractivity contribution >= 4 is 55.5 Å². The number of rotatable bonds is 4. The third-order valence-corrected chi connectivity index (χ3v) is 4.72. The lowest BCUT2D eigenvalue weighted by molar-refractivity contribution is 0.601. The number of nitrogens with one attached hydrogen (secondary N) is 1. The molecule has 11 heteroatoms. The molecule has 1 aromatic carbocycles. The van der Waals surface area contributed by atoms with Crippen LogP contribution in [0, 0.1) is 0 Å². The molecule has 0 fully saturated rings. The van der Waals surface area contributed by atoms with E-state index in [0.29, 0.717) is 5.56 Å². The van der Waals surface area contributed by atoms with E-state index in [4.69, 9.17) is 29.6 Å². The lowest BCUT2D eigenvalue weighted by Gasteiger charge is -2.08. The maximum atomic E-state index is 12.1. The van der Waals surface area contributed by atoms with Gasteiger partial charge < -0.3 is 5.73 Å². The normalized spacial score (nSPS) is 11.2. The van der Waals surface area contributed by atoms with Crippen LogP contribution in [0.25, 0.3) is 0 Å². The van der Waals surface area contributed by atoms with Gasteiger partial charge in [0.05, 0.1) is 5.02 Å². The van der Waals surface area contributed by atoms with Crippen LogP contribution in [0.2, 0.25) is 5.02 Å². The highest BCUT2D eigenvalue weighted by atomic mass is 35.5. The van der Waals surface area contributed by atoms with E-state index in [9.17, 15) is 8.42 Å². The van der Waals surface area contributed by atoms with Gasteiger partial charge in [-0.05, 0) is 17.3 Å². The van der Waals surface area contributed by atoms with E-state index < -0.39 is 10.0 Å². The number of thiocarbonyl (C=S) groups is 1. The SMILES string of the molecule is NC(=S)c1ccc(Cl)c(S(=O)(=O)Nc2nnns2)c1. The largest absolute Gasteiger partial charge is 0.389 e. The average Bonchev–Trinajstić information content (AvgIpc) is 2.81. The Labute approximate surface area is 123 Å². The van der Waals surface area contributed by atoms with Crippen LogP contribution in [0.1, 0.15) is 5.56 Å². The van der Waals surface area contributed by atoms with Crippen molar-refractivity contribution in [3.05, 3.63) is 28.8 Å². The molecular weight excluding hydrogens is 330 g/mol. The number of anilines is 1. The number of halogens is 1. The summed E-state index contributed by atoms with van der Waals surface area (Å²) in [6, 6.07) is 4.24. The molecule has 2 aromatic rings. The quantitative estimate of drug-likeness (QED) is 0.802. The van der Waals surface area contributed by atoms with Gasteiger partial charge in [-0.15, -0.1) is 0 Å². The molecule has 0 atom stereocenters. The van der Waals surface area contributed by atoms with Gasteiger partial charge in [-0.1, -0.05) is 39.5 Å². The molecule has 0 radical (unpaired) electrons. The highest BCUT2D eigenvalue weighted by molar-refractivity contribution is 7.93. The standard InChI is InChI=1S/C8H6ClN5O2S3/c9-5-2-1-4(7(10)17)3-6(5)19(15,16)12-8-11-13-14-18-8/h1-3H,(H2,10,17)(H,11,12,14). The predicted molar refractivity (Wildman–Crippen MR) is 75.9 cm³/mol. The van der Waals surface area contributed by atoms with E-state index >= 15 is 0 Å². The third kappa shape index (κ3) is 3.15. The van der Waals surface area contributed by atoms with E-state index in [-0.39, 0.29) is 20.0 Å². The minimum atomic E-state index is -3.90. The van der Waals surface area contributed by atoms with E-state index in [1.807, 2.05) is 0 Å². The summed E-state index contributed by atoms with van der Waals surface area (Å²) in [5.74, 6) is 0. The van der Waals surface area contributed by atoms with Crippen molar-refractivity contribution < 1.29 is 8.42 Å². The summed E-state index contributed by atoms with van der Waals surface area (Å²) in [7, 11) is -3.90. The van der Waals surface area contributed by atoms with Crippen LogP contribution in [-0.4, -0.2) is 28.2 Å². The Morgan fingerprint density at radius 3 is 2.79 bits per heavy atom. The minimum Gasteiger partial charge on any atom is -0.389 e. The summed E-state index contributed by atoms with van der Waals surface area (Å²) < 4.78 is 29.9. The van der Waals surface area contributed by atoms with Crippen LogP contribution in [-0.2, 0) is 10.0 Å². The fourth-order valence-electron chi connectivity index (χ4n) is 1.21. The zero-order chi connectivity index (χ0) is 14.0. The Morgan fingerprint density at radius 2 is 2.21 bits per heavy atom. The van der Waals surface area contributed by atoms with Crippen LogP contribution in [0.15, 0.2) is 23.1 Å². The molecule has 0 spiro atoms. The third-order valence-electron chi connectivity index (χ3n) is 2.03. The summed E-state index contributed by atoms with van der Waals surface area (Å²) in [6.07, 6.45) is 0. The van der Waals surface area contributed by atoms with Gasteiger partial charge in [0, 0.05) is 17.1 Å². The Kier molecular flexibility index (Phi) is 3.94. The summed E-state index contributed by atoms with van der Waals surface area (Å²) in [4.78, 5) is -0.0691. The monoisotopic (exact) mass is 335 g/mol. The molecule has 0 bridgehead atoms. The molecule has 100 valence electrons. The number of hydrogen-bond donors (Lipinski definition) is 2. The Bertz CT molecular complexity index is 716. The summed E-state index contributed by atoms with van der Waals surface area (Å²) in [5.41, 5.74) is 5.85. The summed E-state index contributed by atoms with van der Waals surface area (Å²) in [6.45, 7) is 0. The van der Waals surface area contributed by atoms with Gasteiger partial charge in [-0.3, -0.25) is 4.72 Å². The van der Waals surface area contributed by atoms with Crippen molar-refractivity contribution in [2.24, 2.45) is 5.73 Å². The fourth-order valence-corrected chi connectivity index (χ4v) is 3.44. The van der Waals surface area contributed by atoms with Crippen LogP contribution >= 0.6 is 35.4 Å². The van der Waals surface area contributed by atoms with E-state index in [0.717, 1.165) is 11.5 Å². The number of aromatic nitrogens is 3. The van der Waals surface area contributed by atoms with Crippen molar-refractivity contribution in [2.75, 3.05) is 4.72 Å². The molecule has 0 aliphatic heterocycles. The Morgan fingerprint density at radius 1 is 1.47 bits per heavy atom. The van der Waals surface area contributed by atoms with Gasteiger partial charge in [0.1, 0.15) is 9.88 Å². The molecule has 1 aromatic heterocycles. The second-order valence-electron chi connectivity index (χ2n) is 3.28. The Balaban J connectivity index is 2.45. The number of hydrogen-bond acceptors (Lipinski definition) is 7.